The normalized spacial score (nSPS) is 13.4. The molecule has 0 aromatic rings. The lowest BCUT2D eigenvalue weighted by atomic mass is 9.94. The molecular weight excluding hydrogens is 455 g/mol. The van der Waals surface area contributed by atoms with Crippen molar-refractivity contribution in [3.05, 3.63) is 0 Å². The SMILES string of the molecule is CCNC(=NCC(CCO)CC(C)C)NCCCNS(=O)(=O)CC.I. The minimum Gasteiger partial charge on any atom is -0.396 e. The molecule has 0 saturated heterocycles. The van der Waals surface area contributed by atoms with Gasteiger partial charge in [-0.2, -0.15) is 0 Å². The van der Waals surface area contributed by atoms with Crippen molar-refractivity contribution in [1.29, 1.82) is 0 Å². The first-order chi connectivity index (χ1) is 11.3. The largest absolute Gasteiger partial charge is 0.396 e. The Morgan fingerprint density at radius 3 is 2.36 bits per heavy atom. The lowest BCUT2D eigenvalue weighted by molar-refractivity contribution is 0.245. The fraction of sp³-hybridized carbons (Fsp3) is 0.938. The van der Waals surface area contributed by atoms with Gasteiger partial charge in [0.25, 0.3) is 0 Å². The summed E-state index contributed by atoms with van der Waals surface area (Å²) in [4.78, 5) is 4.59. The van der Waals surface area contributed by atoms with Crippen LogP contribution in [0.4, 0.5) is 0 Å². The molecule has 0 amide bonds. The molecular formula is C16H37IN4O3S. The van der Waals surface area contributed by atoms with E-state index in [0.29, 0.717) is 37.9 Å². The molecule has 1 atom stereocenters. The highest BCUT2D eigenvalue weighted by Crippen LogP contribution is 2.15. The zero-order chi connectivity index (χ0) is 18.4. The Kier molecular flexibility index (Phi) is 17.4. The second-order valence-corrected chi connectivity index (χ2v) is 8.40. The summed E-state index contributed by atoms with van der Waals surface area (Å²) in [5.41, 5.74) is 0. The molecule has 7 nitrogen and oxygen atoms in total. The monoisotopic (exact) mass is 492 g/mol. The number of rotatable bonds is 13. The molecule has 0 aliphatic heterocycles. The third-order valence-electron chi connectivity index (χ3n) is 3.54. The molecule has 0 aliphatic carbocycles. The van der Waals surface area contributed by atoms with Crippen LogP contribution in [0.25, 0.3) is 0 Å². The molecule has 4 N–H and O–H groups in total. The summed E-state index contributed by atoms with van der Waals surface area (Å²) in [7, 11) is -3.12. The smallest absolute Gasteiger partial charge is 0.211 e. The zero-order valence-electron chi connectivity index (χ0n) is 16.0. The van der Waals surface area contributed by atoms with Gasteiger partial charge in [0.1, 0.15) is 0 Å². The topological polar surface area (TPSA) is 103 Å². The summed E-state index contributed by atoms with van der Waals surface area (Å²) < 4.78 is 25.2. The Morgan fingerprint density at radius 1 is 1.16 bits per heavy atom. The van der Waals surface area contributed by atoms with Gasteiger partial charge in [-0.15, -0.1) is 24.0 Å². The van der Waals surface area contributed by atoms with Gasteiger partial charge in [0, 0.05) is 32.8 Å². The van der Waals surface area contributed by atoms with E-state index >= 15 is 0 Å². The van der Waals surface area contributed by atoms with Crippen LogP contribution < -0.4 is 15.4 Å². The first-order valence-electron chi connectivity index (χ1n) is 8.94. The van der Waals surface area contributed by atoms with Gasteiger partial charge in [-0.25, -0.2) is 13.1 Å². The van der Waals surface area contributed by atoms with E-state index in [9.17, 15) is 8.42 Å². The van der Waals surface area contributed by atoms with Crippen molar-refractivity contribution in [2.75, 3.05) is 38.5 Å². The highest BCUT2D eigenvalue weighted by atomic mass is 127. The van der Waals surface area contributed by atoms with Crippen LogP contribution in [0.15, 0.2) is 4.99 Å². The minimum absolute atomic E-state index is 0. The fourth-order valence-electron chi connectivity index (χ4n) is 2.32. The van der Waals surface area contributed by atoms with Crippen LogP contribution in [0.5, 0.6) is 0 Å². The van der Waals surface area contributed by atoms with Crippen molar-refractivity contribution in [2.24, 2.45) is 16.8 Å². The average Bonchev–Trinajstić information content (AvgIpc) is 2.51. The fourth-order valence-corrected chi connectivity index (χ4v) is 2.98. The van der Waals surface area contributed by atoms with Gasteiger partial charge >= 0.3 is 0 Å². The first kappa shape index (κ1) is 27.1. The molecule has 0 aromatic heterocycles. The number of guanidine groups is 1. The van der Waals surface area contributed by atoms with Crippen molar-refractivity contribution < 1.29 is 13.5 Å². The van der Waals surface area contributed by atoms with E-state index < -0.39 is 10.0 Å². The summed E-state index contributed by atoms with van der Waals surface area (Å²) in [5.74, 6) is 1.80. The van der Waals surface area contributed by atoms with Crippen molar-refractivity contribution in [1.82, 2.24) is 15.4 Å². The number of aliphatic imine (C=N–C) groups is 1. The maximum absolute atomic E-state index is 11.3. The van der Waals surface area contributed by atoms with E-state index in [2.05, 4.69) is 34.2 Å². The Bertz CT molecular complexity index is 445. The molecule has 0 radical (unpaired) electrons. The maximum atomic E-state index is 11.3. The first-order valence-corrected chi connectivity index (χ1v) is 10.6. The van der Waals surface area contributed by atoms with Crippen LogP contribution in [-0.4, -0.2) is 58.0 Å². The van der Waals surface area contributed by atoms with E-state index in [-0.39, 0.29) is 36.3 Å². The molecule has 0 bridgehead atoms. The highest BCUT2D eigenvalue weighted by Gasteiger charge is 2.10. The summed E-state index contributed by atoms with van der Waals surface area (Å²) in [6.45, 7) is 10.7. The van der Waals surface area contributed by atoms with Gasteiger partial charge in [-0.1, -0.05) is 13.8 Å². The summed E-state index contributed by atoms with van der Waals surface area (Å²) in [6.07, 6.45) is 2.50. The quantitative estimate of drug-likeness (QED) is 0.135. The standard InChI is InChI=1S/C16H36N4O3S.HI/c1-5-17-16(18-9-7-10-20-24(22,23)6-2)19-13-15(8-11-21)12-14(3)4;/h14-15,20-21H,5-13H2,1-4H3,(H2,17,18,19);1H. The molecule has 0 aromatic carbocycles. The van der Waals surface area contributed by atoms with E-state index in [1.807, 2.05) is 6.92 Å². The molecule has 9 heteroatoms. The Hall–Kier alpha value is -0.130. The number of sulfonamides is 1. The Morgan fingerprint density at radius 2 is 1.84 bits per heavy atom. The maximum Gasteiger partial charge on any atom is 0.211 e. The van der Waals surface area contributed by atoms with Gasteiger partial charge in [-0.05, 0) is 44.9 Å². The highest BCUT2D eigenvalue weighted by molar-refractivity contribution is 14.0. The predicted octanol–water partition coefficient (Wildman–Crippen LogP) is 1.53. The number of halogens is 1. The van der Waals surface area contributed by atoms with E-state index in [4.69, 9.17) is 5.11 Å². The summed E-state index contributed by atoms with van der Waals surface area (Å²) in [6, 6.07) is 0. The Balaban J connectivity index is 0. The molecule has 152 valence electrons. The van der Waals surface area contributed by atoms with Crippen molar-refractivity contribution in [3.63, 3.8) is 0 Å². The second kappa shape index (κ2) is 16.1. The third-order valence-corrected chi connectivity index (χ3v) is 4.95. The van der Waals surface area contributed by atoms with Gasteiger partial charge in [-0.3, -0.25) is 4.99 Å². The second-order valence-electron chi connectivity index (χ2n) is 6.31. The van der Waals surface area contributed by atoms with Gasteiger partial charge < -0.3 is 15.7 Å². The number of hydrogen-bond acceptors (Lipinski definition) is 4. The van der Waals surface area contributed by atoms with Gasteiger partial charge in [0.05, 0.1) is 5.75 Å². The summed E-state index contributed by atoms with van der Waals surface area (Å²) in [5, 5.41) is 15.6. The number of aliphatic hydroxyl groups excluding tert-OH is 1. The summed E-state index contributed by atoms with van der Waals surface area (Å²) >= 11 is 0. The number of hydrogen-bond donors (Lipinski definition) is 4. The van der Waals surface area contributed by atoms with Crippen LogP contribution in [0.3, 0.4) is 0 Å². The third kappa shape index (κ3) is 15.8. The van der Waals surface area contributed by atoms with Gasteiger partial charge in [0.2, 0.25) is 10.0 Å². The molecule has 0 spiro atoms. The molecule has 0 saturated carbocycles. The number of nitrogens with zero attached hydrogens (tertiary/aromatic N) is 1. The van der Waals surface area contributed by atoms with Gasteiger partial charge in [0.15, 0.2) is 5.96 Å². The number of nitrogens with one attached hydrogen (secondary N) is 3. The predicted molar refractivity (Wildman–Crippen MR) is 116 cm³/mol. The van der Waals surface area contributed by atoms with Crippen LogP contribution in [0, 0.1) is 11.8 Å². The van der Waals surface area contributed by atoms with Crippen molar-refractivity contribution in [2.45, 2.75) is 47.0 Å². The molecule has 0 aliphatic rings. The molecule has 0 rings (SSSR count). The van der Waals surface area contributed by atoms with Crippen LogP contribution in [0.2, 0.25) is 0 Å². The molecule has 0 heterocycles. The minimum atomic E-state index is -3.12. The lowest BCUT2D eigenvalue weighted by Gasteiger charge is -2.17. The van der Waals surface area contributed by atoms with E-state index in [1.54, 1.807) is 6.92 Å². The Labute approximate surface area is 170 Å². The van der Waals surface area contributed by atoms with Crippen LogP contribution in [0.1, 0.15) is 47.0 Å². The zero-order valence-corrected chi connectivity index (χ0v) is 19.2. The average molecular weight is 492 g/mol. The van der Waals surface area contributed by atoms with Crippen molar-refractivity contribution >= 4 is 40.0 Å². The molecule has 1 unspecified atom stereocenters. The van der Waals surface area contributed by atoms with E-state index in [1.165, 1.54) is 0 Å². The number of aliphatic hydroxyl groups is 1. The molecule has 25 heavy (non-hydrogen) atoms. The van der Waals surface area contributed by atoms with Crippen LogP contribution in [-0.2, 0) is 10.0 Å². The van der Waals surface area contributed by atoms with Crippen LogP contribution >= 0.6 is 24.0 Å². The molecule has 0 fully saturated rings. The van der Waals surface area contributed by atoms with E-state index in [0.717, 1.165) is 25.3 Å². The van der Waals surface area contributed by atoms with Crippen molar-refractivity contribution in [3.8, 4) is 0 Å². The lowest BCUT2D eigenvalue weighted by Crippen LogP contribution is -2.39.